The van der Waals surface area contributed by atoms with Gasteiger partial charge in [0.15, 0.2) is 6.29 Å². The Morgan fingerprint density at radius 3 is 2.39 bits per heavy atom. The van der Waals surface area contributed by atoms with Crippen LogP contribution in [0.15, 0.2) is 58.3 Å². The summed E-state index contributed by atoms with van der Waals surface area (Å²) in [6.45, 7) is 0. The highest BCUT2D eigenvalue weighted by molar-refractivity contribution is 7.99. The second-order valence-corrected chi connectivity index (χ2v) is 5.62. The Labute approximate surface area is 116 Å². The fraction of sp³-hybridized carbons (Fsp3) is 0.133. The molecule has 0 unspecified atom stereocenters. The van der Waals surface area contributed by atoms with Crippen LogP contribution >= 0.6 is 23.5 Å². The molecule has 1 nitrogen and oxygen atoms in total. The van der Waals surface area contributed by atoms with E-state index in [0.717, 1.165) is 22.5 Å². The lowest BCUT2D eigenvalue weighted by Crippen LogP contribution is -1.87. The van der Waals surface area contributed by atoms with Crippen LogP contribution in [0.1, 0.15) is 15.9 Å². The molecule has 0 aliphatic carbocycles. The van der Waals surface area contributed by atoms with Crippen LogP contribution in [0.3, 0.4) is 0 Å². The van der Waals surface area contributed by atoms with Crippen LogP contribution in [0, 0.1) is 0 Å². The second kappa shape index (κ2) is 6.66. The minimum absolute atomic E-state index is 0.768. The summed E-state index contributed by atoms with van der Waals surface area (Å²) in [5.74, 6) is 0.891. The van der Waals surface area contributed by atoms with Crippen molar-refractivity contribution in [2.45, 2.75) is 15.5 Å². The Kier molecular flexibility index (Phi) is 4.90. The molecule has 0 saturated heterocycles. The van der Waals surface area contributed by atoms with Crippen LogP contribution in [-0.4, -0.2) is 12.5 Å². The standard InChI is InChI=1S/C15H14OS2/c1-17-14-8-4-3-7-13(14)11-18-15-9-5-2-6-12(15)10-16/h2-10H,11H2,1H3. The number of carbonyl (C=O) groups excluding carboxylic acids is 1. The van der Waals surface area contributed by atoms with Crippen molar-refractivity contribution in [2.75, 3.05) is 6.26 Å². The van der Waals surface area contributed by atoms with Crippen molar-refractivity contribution in [3.8, 4) is 0 Å². The molecular weight excluding hydrogens is 260 g/mol. The molecule has 0 aliphatic rings. The molecule has 0 fully saturated rings. The largest absolute Gasteiger partial charge is 0.298 e. The van der Waals surface area contributed by atoms with E-state index in [0.29, 0.717) is 0 Å². The van der Waals surface area contributed by atoms with E-state index in [1.807, 2.05) is 24.3 Å². The van der Waals surface area contributed by atoms with E-state index in [2.05, 4.69) is 30.5 Å². The minimum atomic E-state index is 0.768. The summed E-state index contributed by atoms with van der Waals surface area (Å²) >= 11 is 3.47. The fourth-order valence-corrected chi connectivity index (χ4v) is 3.42. The maximum Gasteiger partial charge on any atom is 0.151 e. The zero-order chi connectivity index (χ0) is 12.8. The van der Waals surface area contributed by atoms with Crippen molar-refractivity contribution in [3.05, 3.63) is 59.7 Å². The smallest absolute Gasteiger partial charge is 0.151 e. The lowest BCUT2D eigenvalue weighted by Gasteiger charge is -2.08. The summed E-state index contributed by atoms with van der Waals surface area (Å²) in [4.78, 5) is 13.3. The summed E-state index contributed by atoms with van der Waals surface area (Å²) in [5, 5.41) is 0. The first-order chi connectivity index (χ1) is 8.85. The Balaban J connectivity index is 2.14. The molecule has 0 saturated carbocycles. The monoisotopic (exact) mass is 274 g/mol. The average Bonchev–Trinajstić information content (AvgIpc) is 2.45. The maximum atomic E-state index is 10.9. The molecule has 0 amide bonds. The molecule has 18 heavy (non-hydrogen) atoms. The lowest BCUT2D eigenvalue weighted by molar-refractivity contribution is 0.112. The zero-order valence-corrected chi connectivity index (χ0v) is 11.8. The fourth-order valence-electron chi connectivity index (χ4n) is 1.69. The van der Waals surface area contributed by atoms with Gasteiger partial charge >= 0.3 is 0 Å². The number of hydrogen-bond donors (Lipinski definition) is 0. The van der Waals surface area contributed by atoms with E-state index >= 15 is 0 Å². The molecular formula is C15H14OS2. The van der Waals surface area contributed by atoms with Gasteiger partial charge < -0.3 is 0 Å². The van der Waals surface area contributed by atoms with Gasteiger partial charge in [-0.05, 0) is 24.0 Å². The first kappa shape index (κ1) is 13.2. The van der Waals surface area contributed by atoms with Crippen LogP contribution in [0.4, 0.5) is 0 Å². The predicted octanol–water partition coefficient (Wildman–Crippen LogP) is 4.51. The zero-order valence-electron chi connectivity index (χ0n) is 10.1. The first-order valence-electron chi connectivity index (χ1n) is 5.64. The highest BCUT2D eigenvalue weighted by Crippen LogP contribution is 2.29. The SMILES string of the molecule is CSc1ccccc1CSc1ccccc1C=O. The van der Waals surface area contributed by atoms with E-state index in [-0.39, 0.29) is 0 Å². The summed E-state index contributed by atoms with van der Waals surface area (Å²) in [5.41, 5.74) is 2.08. The Morgan fingerprint density at radius 2 is 1.67 bits per heavy atom. The third-order valence-electron chi connectivity index (χ3n) is 2.62. The third kappa shape index (κ3) is 3.18. The van der Waals surface area contributed by atoms with Crippen molar-refractivity contribution in [2.24, 2.45) is 0 Å². The molecule has 2 aromatic carbocycles. The number of rotatable bonds is 5. The number of benzene rings is 2. The molecule has 0 radical (unpaired) electrons. The van der Waals surface area contributed by atoms with Crippen LogP contribution in [0.5, 0.6) is 0 Å². The molecule has 0 heterocycles. The topological polar surface area (TPSA) is 17.1 Å². The first-order valence-corrected chi connectivity index (χ1v) is 7.85. The van der Waals surface area contributed by atoms with Gasteiger partial charge in [0.05, 0.1) is 0 Å². The Bertz CT molecular complexity index is 538. The van der Waals surface area contributed by atoms with E-state index in [1.54, 1.807) is 23.5 Å². The van der Waals surface area contributed by atoms with Gasteiger partial charge in [0.25, 0.3) is 0 Å². The van der Waals surface area contributed by atoms with Crippen LogP contribution in [-0.2, 0) is 5.75 Å². The van der Waals surface area contributed by atoms with Gasteiger partial charge in [0.2, 0.25) is 0 Å². The van der Waals surface area contributed by atoms with E-state index in [4.69, 9.17) is 0 Å². The molecule has 92 valence electrons. The second-order valence-electron chi connectivity index (χ2n) is 3.76. The Morgan fingerprint density at radius 1 is 1.00 bits per heavy atom. The number of thioether (sulfide) groups is 2. The number of carbonyl (C=O) groups is 1. The highest BCUT2D eigenvalue weighted by atomic mass is 32.2. The van der Waals surface area contributed by atoms with Gasteiger partial charge in [-0.3, -0.25) is 4.79 Å². The molecule has 3 heteroatoms. The molecule has 0 spiro atoms. The maximum absolute atomic E-state index is 10.9. The lowest BCUT2D eigenvalue weighted by atomic mass is 10.2. The van der Waals surface area contributed by atoms with Gasteiger partial charge in [0.1, 0.15) is 0 Å². The van der Waals surface area contributed by atoms with E-state index in [9.17, 15) is 4.79 Å². The molecule has 2 aromatic rings. The van der Waals surface area contributed by atoms with Crippen molar-refractivity contribution < 1.29 is 4.79 Å². The quantitative estimate of drug-likeness (QED) is 0.589. The summed E-state index contributed by atoms with van der Waals surface area (Å²) < 4.78 is 0. The summed E-state index contributed by atoms with van der Waals surface area (Å²) in [7, 11) is 0. The Hall–Kier alpha value is -1.19. The van der Waals surface area contributed by atoms with Crippen molar-refractivity contribution >= 4 is 29.8 Å². The summed E-state index contributed by atoms with van der Waals surface area (Å²) in [6.07, 6.45) is 3.01. The minimum Gasteiger partial charge on any atom is -0.298 e. The molecule has 0 atom stereocenters. The van der Waals surface area contributed by atoms with Gasteiger partial charge in [-0.2, -0.15) is 0 Å². The summed E-state index contributed by atoms with van der Waals surface area (Å²) in [6, 6.07) is 16.1. The van der Waals surface area contributed by atoms with Crippen LogP contribution in [0.25, 0.3) is 0 Å². The normalized spacial score (nSPS) is 10.3. The van der Waals surface area contributed by atoms with Crippen LogP contribution < -0.4 is 0 Å². The van der Waals surface area contributed by atoms with Crippen molar-refractivity contribution in [3.63, 3.8) is 0 Å². The molecule has 2 rings (SSSR count). The van der Waals surface area contributed by atoms with Gasteiger partial charge in [-0.15, -0.1) is 23.5 Å². The van der Waals surface area contributed by atoms with Gasteiger partial charge in [-0.1, -0.05) is 36.4 Å². The van der Waals surface area contributed by atoms with E-state index in [1.165, 1.54) is 10.5 Å². The third-order valence-corrected chi connectivity index (χ3v) is 4.60. The number of aldehydes is 1. The van der Waals surface area contributed by atoms with Crippen LogP contribution in [0.2, 0.25) is 0 Å². The van der Waals surface area contributed by atoms with Gasteiger partial charge in [0, 0.05) is 21.1 Å². The van der Waals surface area contributed by atoms with Gasteiger partial charge in [-0.25, -0.2) is 0 Å². The molecule has 0 aromatic heterocycles. The highest BCUT2D eigenvalue weighted by Gasteiger charge is 2.04. The molecule has 0 bridgehead atoms. The van der Waals surface area contributed by atoms with Crippen molar-refractivity contribution in [1.82, 2.24) is 0 Å². The predicted molar refractivity (Wildman–Crippen MR) is 79.6 cm³/mol. The van der Waals surface area contributed by atoms with Crippen molar-refractivity contribution in [1.29, 1.82) is 0 Å². The number of hydrogen-bond acceptors (Lipinski definition) is 3. The average molecular weight is 274 g/mol. The molecule has 0 aliphatic heterocycles. The van der Waals surface area contributed by atoms with E-state index < -0.39 is 0 Å². The molecule has 0 N–H and O–H groups in total.